The molecule has 0 unspecified atom stereocenters. The molecular weight excluding hydrogens is 330 g/mol. The Kier molecular flexibility index (Phi) is 3.96. The van der Waals surface area contributed by atoms with E-state index in [1.54, 1.807) is 21.8 Å². The number of benzene rings is 1. The van der Waals surface area contributed by atoms with Gasteiger partial charge in [-0.25, -0.2) is 4.68 Å². The van der Waals surface area contributed by atoms with Crippen LogP contribution in [0.2, 0.25) is 0 Å². The largest absolute Gasteiger partial charge is 0.487 e. The summed E-state index contributed by atoms with van der Waals surface area (Å²) in [6.45, 7) is 2.04. The second-order valence-corrected chi connectivity index (χ2v) is 6.04. The second kappa shape index (κ2) is 6.44. The summed E-state index contributed by atoms with van der Waals surface area (Å²) in [5.74, 6) is 0.668. The Bertz CT molecular complexity index is 1150. The van der Waals surface area contributed by atoms with Gasteiger partial charge in [-0.3, -0.25) is 14.5 Å². The fourth-order valence-electron chi connectivity index (χ4n) is 2.66. The Balaban J connectivity index is 1.57. The summed E-state index contributed by atoms with van der Waals surface area (Å²) < 4.78 is 9.07. The molecule has 0 aliphatic carbocycles. The van der Waals surface area contributed by atoms with Gasteiger partial charge in [0.25, 0.3) is 0 Å². The zero-order valence-electron chi connectivity index (χ0n) is 14.5. The van der Waals surface area contributed by atoms with Gasteiger partial charge >= 0.3 is 0 Å². The molecule has 4 aromatic rings. The predicted molar refractivity (Wildman–Crippen MR) is 97.4 cm³/mol. The molecule has 0 bridgehead atoms. The topological polar surface area (TPSA) is 74.8 Å². The van der Waals surface area contributed by atoms with E-state index in [0.29, 0.717) is 11.4 Å². The molecule has 0 amide bonds. The number of nitrogens with zero attached hydrogens (tertiary/aromatic N) is 5. The molecule has 3 heterocycles. The number of hydrogen-bond acceptors (Lipinski definition) is 5. The molecule has 0 saturated heterocycles. The van der Waals surface area contributed by atoms with Gasteiger partial charge in [0.05, 0.1) is 17.9 Å². The van der Waals surface area contributed by atoms with Gasteiger partial charge in [0.2, 0.25) is 5.43 Å². The van der Waals surface area contributed by atoms with Crippen molar-refractivity contribution in [3.63, 3.8) is 0 Å². The fourth-order valence-corrected chi connectivity index (χ4v) is 2.66. The molecule has 0 aliphatic heterocycles. The van der Waals surface area contributed by atoms with Crippen LogP contribution in [0, 0.1) is 6.92 Å². The Morgan fingerprint density at radius 2 is 2.04 bits per heavy atom. The van der Waals surface area contributed by atoms with Crippen molar-refractivity contribution in [1.29, 1.82) is 0 Å². The van der Waals surface area contributed by atoms with Gasteiger partial charge in [0.15, 0.2) is 0 Å². The molecule has 7 heteroatoms. The van der Waals surface area contributed by atoms with Gasteiger partial charge in [-0.05, 0) is 31.2 Å². The Labute approximate surface area is 149 Å². The molecule has 0 spiro atoms. The van der Waals surface area contributed by atoms with Crippen molar-refractivity contribution in [2.24, 2.45) is 7.05 Å². The van der Waals surface area contributed by atoms with E-state index in [1.807, 2.05) is 50.5 Å². The van der Waals surface area contributed by atoms with E-state index in [9.17, 15) is 4.79 Å². The minimum atomic E-state index is -0.164. The SMILES string of the molecule is Cc1ccc2cc(OCc3nn(-c4cnn(C)c4)ccc3=O)ccc2n1. The lowest BCUT2D eigenvalue weighted by Crippen LogP contribution is -2.17. The lowest BCUT2D eigenvalue weighted by atomic mass is 10.2. The average Bonchev–Trinajstić information content (AvgIpc) is 3.07. The minimum absolute atomic E-state index is 0.0880. The molecule has 0 N–H and O–H groups in total. The molecule has 0 saturated carbocycles. The maximum atomic E-state index is 12.1. The lowest BCUT2D eigenvalue weighted by Gasteiger charge is -2.08. The van der Waals surface area contributed by atoms with Crippen molar-refractivity contribution in [2.45, 2.75) is 13.5 Å². The van der Waals surface area contributed by atoms with Crippen LogP contribution in [0.4, 0.5) is 0 Å². The van der Waals surface area contributed by atoms with Crippen LogP contribution < -0.4 is 10.2 Å². The first-order valence-corrected chi connectivity index (χ1v) is 8.16. The van der Waals surface area contributed by atoms with E-state index in [2.05, 4.69) is 15.2 Å². The first-order valence-electron chi connectivity index (χ1n) is 8.16. The molecule has 130 valence electrons. The third-order valence-corrected chi connectivity index (χ3v) is 4.01. The van der Waals surface area contributed by atoms with E-state index in [4.69, 9.17) is 4.74 Å². The Morgan fingerprint density at radius 1 is 1.15 bits per heavy atom. The maximum absolute atomic E-state index is 12.1. The maximum Gasteiger partial charge on any atom is 0.206 e. The molecule has 26 heavy (non-hydrogen) atoms. The van der Waals surface area contributed by atoms with Gasteiger partial charge in [0.1, 0.15) is 23.7 Å². The highest BCUT2D eigenvalue weighted by atomic mass is 16.5. The molecule has 0 radical (unpaired) electrons. The van der Waals surface area contributed by atoms with E-state index in [1.165, 1.54) is 6.07 Å². The minimum Gasteiger partial charge on any atom is -0.487 e. The first-order chi connectivity index (χ1) is 12.6. The second-order valence-electron chi connectivity index (χ2n) is 6.04. The van der Waals surface area contributed by atoms with E-state index < -0.39 is 0 Å². The highest BCUT2D eigenvalue weighted by Crippen LogP contribution is 2.20. The molecule has 0 fully saturated rings. The summed E-state index contributed by atoms with van der Waals surface area (Å²) in [5, 5.41) is 9.46. The molecule has 4 rings (SSSR count). The van der Waals surface area contributed by atoms with Crippen molar-refractivity contribution in [1.82, 2.24) is 24.5 Å². The van der Waals surface area contributed by atoms with Crippen molar-refractivity contribution in [3.8, 4) is 11.4 Å². The summed E-state index contributed by atoms with van der Waals surface area (Å²) >= 11 is 0. The first kappa shape index (κ1) is 16.0. The monoisotopic (exact) mass is 347 g/mol. The van der Waals surface area contributed by atoms with Gasteiger partial charge in [0, 0.05) is 30.4 Å². The van der Waals surface area contributed by atoms with Gasteiger partial charge < -0.3 is 4.74 Å². The zero-order chi connectivity index (χ0) is 18.1. The Hall–Kier alpha value is -3.48. The smallest absolute Gasteiger partial charge is 0.206 e. The highest BCUT2D eigenvalue weighted by Gasteiger charge is 2.07. The third-order valence-electron chi connectivity index (χ3n) is 4.01. The van der Waals surface area contributed by atoms with Crippen LogP contribution in [0.15, 0.2) is 59.8 Å². The van der Waals surface area contributed by atoms with Crippen LogP contribution in [0.5, 0.6) is 5.75 Å². The van der Waals surface area contributed by atoms with Crippen LogP contribution in [0.25, 0.3) is 16.6 Å². The van der Waals surface area contributed by atoms with E-state index in [0.717, 1.165) is 22.3 Å². The number of rotatable bonds is 4. The van der Waals surface area contributed by atoms with Crippen LogP contribution in [0.3, 0.4) is 0 Å². The number of ether oxygens (including phenoxy) is 1. The van der Waals surface area contributed by atoms with Crippen molar-refractivity contribution >= 4 is 10.9 Å². The molecule has 0 aliphatic rings. The van der Waals surface area contributed by atoms with Crippen molar-refractivity contribution in [2.75, 3.05) is 0 Å². The number of fused-ring (bicyclic) bond motifs is 1. The number of pyridine rings is 1. The standard InChI is InChI=1S/C19H17N5O2/c1-13-3-4-14-9-16(5-6-17(14)21-13)26-12-18-19(25)7-8-24(22-18)15-10-20-23(2)11-15/h3-11H,12H2,1-2H3. The third kappa shape index (κ3) is 3.19. The number of aromatic nitrogens is 5. The van der Waals surface area contributed by atoms with Crippen molar-refractivity contribution in [3.05, 3.63) is 76.6 Å². The Morgan fingerprint density at radius 3 is 2.85 bits per heavy atom. The number of hydrogen-bond donors (Lipinski definition) is 0. The van der Waals surface area contributed by atoms with Crippen LogP contribution in [0.1, 0.15) is 11.4 Å². The number of aryl methyl sites for hydroxylation is 2. The predicted octanol–water partition coefficient (Wildman–Crippen LogP) is 2.40. The molecule has 1 aromatic carbocycles. The zero-order valence-corrected chi connectivity index (χ0v) is 14.5. The van der Waals surface area contributed by atoms with Crippen LogP contribution in [-0.2, 0) is 13.7 Å². The van der Waals surface area contributed by atoms with Crippen LogP contribution in [-0.4, -0.2) is 24.5 Å². The van der Waals surface area contributed by atoms with Crippen molar-refractivity contribution < 1.29 is 4.74 Å². The highest BCUT2D eigenvalue weighted by molar-refractivity contribution is 5.80. The van der Waals surface area contributed by atoms with E-state index >= 15 is 0 Å². The lowest BCUT2D eigenvalue weighted by molar-refractivity contribution is 0.298. The molecule has 3 aromatic heterocycles. The molecule has 0 atom stereocenters. The summed E-state index contributed by atoms with van der Waals surface area (Å²) in [5.41, 5.74) is 2.83. The summed E-state index contributed by atoms with van der Waals surface area (Å²) in [7, 11) is 1.83. The summed E-state index contributed by atoms with van der Waals surface area (Å²) in [6, 6.07) is 11.1. The average molecular weight is 347 g/mol. The van der Waals surface area contributed by atoms with Gasteiger partial charge in [-0.15, -0.1) is 0 Å². The molecular formula is C19H17N5O2. The fraction of sp³-hybridized carbons (Fsp3) is 0.158. The summed E-state index contributed by atoms with van der Waals surface area (Å²) in [4.78, 5) is 16.6. The van der Waals surface area contributed by atoms with Gasteiger partial charge in [-0.1, -0.05) is 6.07 Å². The normalized spacial score (nSPS) is 11.0. The van der Waals surface area contributed by atoms with Crippen LogP contribution >= 0.6 is 0 Å². The quantitative estimate of drug-likeness (QED) is 0.567. The van der Waals surface area contributed by atoms with Gasteiger partial charge in [-0.2, -0.15) is 10.2 Å². The summed E-state index contributed by atoms with van der Waals surface area (Å²) in [6.07, 6.45) is 5.12. The van der Waals surface area contributed by atoms with E-state index in [-0.39, 0.29) is 12.0 Å². The molecule has 7 nitrogen and oxygen atoms in total.